The van der Waals surface area contributed by atoms with Crippen LogP contribution in [0.2, 0.25) is 0 Å². The number of aromatic nitrogens is 1. The smallest absolute Gasteiger partial charge is 0.303 e. The van der Waals surface area contributed by atoms with Crippen molar-refractivity contribution in [3.05, 3.63) is 35.8 Å². The molecule has 2 rings (SSSR count). The van der Waals surface area contributed by atoms with Crippen molar-refractivity contribution in [3.8, 4) is 0 Å². The highest BCUT2D eigenvalue weighted by atomic mass is 16.2. The summed E-state index contributed by atoms with van der Waals surface area (Å²) in [6.45, 7) is 0. The van der Waals surface area contributed by atoms with E-state index in [-0.39, 0.29) is 5.70 Å². The Balaban J connectivity index is 2.28. The minimum atomic E-state index is -0.495. The molecule has 1 aromatic heterocycles. The molecule has 0 radical (unpaired) electrons. The molecule has 0 bridgehead atoms. The number of hydrogen-bond acceptors (Lipinski definition) is 3. The van der Waals surface area contributed by atoms with E-state index in [2.05, 4.69) is 15.6 Å². The van der Waals surface area contributed by atoms with E-state index in [4.69, 9.17) is 0 Å². The van der Waals surface area contributed by atoms with Gasteiger partial charge in [0.1, 0.15) is 5.70 Å². The van der Waals surface area contributed by atoms with Crippen molar-refractivity contribution in [2.75, 3.05) is 0 Å². The van der Waals surface area contributed by atoms with Gasteiger partial charge in [0.25, 0.3) is 5.91 Å². The fraction of sp³-hybridized carbons (Fsp3) is 0. The molecule has 0 unspecified atom stereocenters. The molecule has 5 nitrogen and oxygen atoms in total. The fourth-order valence-corrected chi connectivity index (χ4v) is 1.11. The topological polar surface area (TPSA) is 71.1 Å². The molecule has 1 aromatic rings. The Labute approximate surface area is 79.8 Å². The number of hydrogen-bond donors (Lipinski definition) is 2. The van der Waals surface area contributed by atoms with Crippen LogP contribution in [0.3, 0.4) is 0 Å². The van der Waals surface area contributed by atoms with Gasteiger partial charge in [0.15, 0.2) is 0 Å². The summed E-state index contributed by atoms with van der Waals surface area (Å²) in [5.41, 5.74) is 1.00. The van der Waals surface area contributed by atoms with Crippen LogP contribution in [-0.2, 0) is 4.79 Å². The molecular formula is C9H7N3O2. The first-order chi connectivity index (χ1) is 6.75. The summed E-state index contributed by atoms with van der Waals surface area (Å²) in [5, 5.41) is 4.50. The van der Waals surface area contributed by atoms with E-state index < -0.39 is 11.9 Å². The third-order valence-electron chi connectivity index (χ3n) is 1.72. The van der Waals surface area contributed by atoms with Crippen LogP contribution in [0.25, 0.3) is 6.08 Å². The van der Waals surface area contributed by atoms with Gasteiger partial charge in [-0.15, -0.1) is 0 Å². The number of pyridine rings is 1. The molecule has 0 atom stereocenters. The van der Waals surface area contributed by atoms with Gasteiger partial charge in [0.05, 0.1) is 0 Å². The van der Waals surface area contributed by atoms with Crippen LogP contribution in [0.5, 0.6) is 0 Å². The number of amides is 3. The highest BCUT2D eigenvalue weighted by molar-refractivity contribution is 6.13. The van der Waals surface area contributed by atoms with Gasteiger partial charge >= 0.3 is 6.03 Å². The lowest BCUT2D eigenvalue weighted by Gasteiger charge is -1.93. The summed E-state index contributed by atoms with van der Waals surface area (Å²) in [7, 11) is 0. The second kappa shape index (κ2) is 3.29. The van der Waals surface area contributed by atoms with Crippen LogP contribution in [0.15, 0.2) is 30.2 Å². The molecule has 1 saturated heterocycles. The standard InChI is InChI=1S/C9H7N3O2/c13-8-7(11-9(14)12-8)4-6-2-1-3-10-5-6/h1-5H,(H2,11,12,13,14). The zero-order chi connectivity index (χ0) is 9.97. The molecule has 1 aliphatic heterocycles. The van der Waals surface area contributed by atoms with Crippen molar-refractivity contribution in [2.45, 2.75) is 0 Å². The summed E-state index contributed by atoms with van der Waals surface area (Å²) in [5.74, 6) is -0.418. The van der Waals surface area contributed by atoms with Crippen LogP contribution >= 0.6 is 0 Å². The monoisotopic (exact) mass is 189 g/mol. The van der Waals surface area contributed by atoms with Crippen molar-refractivity contribution >= 4 is 18.0 Å². The van der Waals surface area contributed by atoms with Crippen LogP contribution < -0.4 is 10.6 Å². The Morgan fingerprint density at radius 2 is 2.14 bits per heavy atom. The zero-order valence-corrected chi connectivity index (χ0v) is 7.15. The summed E-state index contributed by atoms with van der Waals surface area (Å²) in [6, 6.07) is 3.05. The van der Waals surface area contributed by atoms with E-state index in [0.29, 0.717) is 0 Å². The van der Waals surface area contributed by atoms with Gasteiger partial charge in [-0.2, -0.15) is 0 Å². The Kier molecular flexibility index (Phi) is 1.98. The van der Waals surface area contributed by atoms with Gasteiger partial charge in [-0.25, -0.2) is 4.79 Å². The molecule has 0 aromatic carbocycles. The Morgan fingerprint density at radius 3 is 2.71 bits per heavy atom. The van der Waals surface area contributed by atoms with E-state index in [0.717, 1.165) is 5.56 Å². The molecule has 0 spiro atoms. The van der Waals surface area contributed by atoms with E-state index in [1.807, 2.05) is 0 Å². The maximum atomic E-state index is 11.1. The lowest BCUT2D eigenvalue weighted by atomic mass is 10.2. The van der Waals surface area contributed by atoms with E-state index >= 15 is 0 Å². The van der Waals surface area contributed by atoms with Crippen LogP contribution in [0.4, 0.5) is 4.79 Å². The van der Waals surface area contributed by atoms with Gasteiger partial charge in [0.2, 0.25) is 0 Å². The second-order valence-corrected chi connectivity index (χ2v) is 2.75. The molecule has 70 valence electrons. The Morgan fingerprint density at radius 1 is 1.29 bits per heavy atom. The highest BCUT2D eigenvalue weighted by Gasteiger charge is 2.22. The first kappa shape index (κ1) is 8.43. The summed E-state index contributed by atoms with van der Waals surface area (Å²) in [4.78, 5) is 25.7. The lowest BCUT2D eigenvalue weighted by Crippen LogP contribution is -2.22. The number of urea groups is 1. The maximum absolute atomic E-state index is 11.1. The Hall–Kier alpha value is -2.17. The minimum Gasteiger partial charge on any atom is -0.303 e. The van der Waals surface area contributed by atoms with E-state index in [1.54, 1.807) is 30.6 Å². The van der Waals surface area contributed by atoms with E-state index in [9.17, 15) is 9.59 Å². The first-order valence-corrected chi connectivity index (χ1v) is 4.00. The maximum Gasteiger partial charge on any atom is 0.326 e. The molecule has 0 aliphatic carbocycles. The van der Waals surface area contributed by atoms with Gasteiger partial charge in [0, 0.05) is 12.4 Å². The van der Waals surface area contributed by atoms with Crippen molar-refractivity contribution < 1.29 is 9.59 Å². The molecule has 1 fully saturated rings. The molecule has 14 heavy (non-hydrogen) atoms. The molecule has 5 heteroatoms. The molecule has 2 heterocycles. The number of imide groups is 1. The zero-order valence-electron chi connectivity index (χ0n) is 7.15. The SMILES string of the molecule is O=C1NC(=O)C(=Cc2cccnc2)N1. The minimum absolute atomic E-state index is 0.239. The number of nitrogens with zero attached hydrogens (tertiary/aromatic N) is 1. The van der Waals surface area contributed by atoms with Gasteiger partial charge < -0.3 is 5.32 Å². The number of rotatable bonds is 1. The summed E-state index contributed by atoms with van der Waals surface area (Å²) >= 11 is 0. The van der Waals surface area contributed by atoms with Crippen molar-refractivity contribution in [2.24, 2.45) is 0 Å². The lowest BCUT2D eigenvalue weighted by molar-refractivity contribution is -0.115. The largest absolute Gasteiger partial charge is 0.326 e. The van der Waals surface area contributed by atoms with Gasteiger partial charge in [-0.3, -0.25) is 15.1 Å². The van der Waals surface area contributed by atoms with Crippen molar-refractivity contribution in [1.82, 2.24) is 15.6 Å². The van der Waals surface area contributed by atoms with Gasteiger partial charge in [-0.05, 0) is 17.7 Å². The van der Waals surface area contributed by atoms with E-state index in [1.165, 1.54) is 0 Å². The number of carbonyl (C=O) groups is 2. The van der Waals surface area contributed by atoms with Gasteiger partial charge in [-0.1, -0.05) is 6.07 Å². The summed E-state index contributed by atoms with van der Waals surface area (Å²) < 4.78 is 0. The van der Waals surface area contributed by atoms with Crippen LogP contribution in [-0.4, -0.2) is 16.9 Å². The Bertz CT molecular complexity index is 411. The average molecular weight is 189 g/mol. The van der Waals surface area contributed by atoms with Crippen LogP contribution in [0, 0.1) is 0 Å². The third kappa shape index (κ3) is 1.61. The molecule has 0 saturated carbocycles. The van der Waals surface area contributed by atoms with Crippen LogP contribution in [0.1, 0.15) is 5.56 Å². The fourth-order valence-electron chi connectivity index (χ4n) is 1.11. The highest BCUT2D eigenvalue weighted by Crippen LogP contribution is 2.05. The molecular weight excluding hydrogens is 182 g/mol. The summed E-state index contributed by atoms with van der Waals surface area (Å²) in [6.07, 6.45) is 4.80. The molecule has 3 amide bonds. The average Bonchev–Trinajstić information content (AvgIpc) is 2.47. The quantitative estimate of drug-likeness (QED) is 0.491. The van der Waals surface area contributed by atoms with Crippen molar-refractivity contribution in [1.29, 1.82) is 0 Å². The van der Waals surface area contributed by atoms with Crippen molar-refractivity contribution in [3.63, 3.8) is 0 Å². The first-order valence-electron chi connectivity index (χ1n) is 4.00. The molecule has 2 N–H and O–H groups in total. The third-order valence-corrected chi connectivity index (χ3v) is 1.72. The normalized spacial score (nSPS) is 18.1. The molecule has 1 aliphatic rings. The predicted octanol–water partition coefficient (Wildman–Crippen LogP) is 0.262. The number of carbonyl (C=O) groups excluding carboxylic acids is 2. The number of nitrogens with one attached hydrogen (secondary N) is 2. The predicted molar refractivity (Wildman–Crippen MR) is 48.9 cm³/mol. The second-order valence-electron chi connectivity index (χ2n) is 2.75.